The summed E-state index contributed by atoms with van der Waals surface area (Å²) in [5.41, 5.74) is 4.89. The van der Waals surface area contributed by atoms with Gasteiger partial charge in [-0.2, -0.15) is 0 Å². The zero-order valence-electron chi connectivity index (χ0n) is 10.9. The summed E-state index contributed by atoms with van der Waals surface area (Å²) in [6.07, 6.45) is 10.4. The van der Waals surface area contributed by atoms with Gasteiger partial charge in [-0.1, -0.05) is 19.3 Å². The number of hydrogen-bond acceptors (Lipinski definition) is 3. The largest absolute Gasteiger partial charge is 0.306 e. The molecular weight excluding hydrogens is 210 g/mol. The quantitative estimate of drug-likeness (QED) is 0.810. The summed E-state index contributed by atoms with van der Waals surface area (Å²) in [5, 5.41) is 2.28. The van der Waals surface area contributed by atoms with Gasteiger partial charge >= 0.3 is 0 Å². The maximum Gasteiger partial charge on any atom is 0.0553 e. The van der Waals surface area contributed by atoms with Crippen LogP contribution < -0.4 is 10.4 Å². The third-order valence-corrected chi connectivity index (χ3v) is 3.38. The van der Waals surface area contributed by atoms with Gasteiger partial charge in [-0.15, -0.1) is 0 Å². The third-order valence-electron chi connectivity index (χ3n) is 3.38. The van der Waals surface area contributed by atoms with Crippen LogP contribution in [-0.4, -0.2) is 17.1 Å². The molecule has 2 rings (SSSR count). The Labute approximate surface area is 104 Å². The highest BCUT2D eigenvalue weighted by atomic mass is 15.5. The fourth-order valence-corrected chi connectivity index (χ4v) is 2.45. The van der Waals surface area contributed by atoms with Crippen molar-refractivity contribution in [2.75, 3.05) is 5.01 Å². The molecule has 1 aromatic heterocycles. The topological polar surface area (TPSA) is 28.2 Å². The first kappa shape index (κ1) is 12.4. The molecule has 1 aliphatic rings. The van der Waals surface area contributed by atoms with Crippen molar-refractivity contribution in [3.05, 3.63) is 24.5 Å². The van der Waals surface area contributed by atoms with Crippen LogP contribution in [0.4, 0.5) is 5.69 Å². The molecule has 0 atom stereocenters. The van der Waals surface area contributed by atoms with E-state index >= 15 is 0 Å². The van der Waals surface area contributed by atoms with Gasteiger partial charge in [0.1, 0.15) is 0 Å². The molecule has 94 valence electrons. The Kier molecular flexibility index (Phi) is 4.37. The SMILES string of the molecule is CC(C)N(NC1CCCCC1)c1ccncc1. The lowest BCUT2D eigenvalue weighted by atomic mass is 9.96. The highest BCUT2D eigenvalue weighted by Gasteiger charge is 2.18. The minimum atomic E-state index is 0.458. The van der Waals surface area contributed by atoms with Crippen LogP contribution in [0.15, 0.2) is 24.5 Å². The summed E-state index contributed by atoms with van der Waals surface area (Å²) < 4.78 is 0. The maximum atomic E-state index is 4.08. The highest BCUT2D eigenvalue weighted by molar-refractivity contribution is 5.44. The van der Waals surface area contributed by atoms with Crippen LogP contribution >= 0.6 is 0 Å². The van der Waals surface area contributed by atoms with E-state index < -0.39 is 0 Å². The molecule has 1 aliphatic carbocycles. The molecule has 0 spiro atoms. The molecule has 0 unspecified atom stereocenters. The van der Waals surface area contributed by atoms with Crippen molar-refractivity contribution in [2.24, 2.45) is 0 Å². The first-order valence-corrected chi connectivity index (χ1v) is 6.73. The Morgan fingerprint density at radius 3 is 2.41 bits per heavy atom. The van der Waals surface area contributed by atoms with Crippen LogP contribution in [0.2, 0.25) is 0 Å². The van der Waals surface area contributed by atoms with Crippen LogP contribution in [0, 0.1) is 0 Å². The van der Waals surface area contributed by atoms with Crippen molar-refractivity contribution >= 4 is 5.69 Å². The van der Waals surface area contributed by atoms with Crippen molar-refractivity contribution < 1.29 is 0 Å². The molecule has 17 heavy (non-hydrogen) atoms. The van der Waals surface area contributed by atoms with Gasteiger partial charge in [0.05, 0.1) is 5.69 Å². The molecule has 0 radical (unpaired) electrons. The molecule has 0 aromatic carbocycles. The molecule has 1 N–H and O–H groups in total. The number of aromatic nitrogens is 1. The number of anilines is 1. The predicted octanol–water partition coefficient (Wildman–Crippen LogP) is 3.13. The zero-order chi connectivity index (χ0) is 12.1. The normalized spacial score (nSPS) is 17.4. The maximum absolute atomic E-state index is 4.08. The van der Waals surface area contributed by atoms with Crippen LogP contribution in [0.1, 0.15) is 46.0 Å². The van der Waals surface area contributed by atoms with Gasteiger partial charge in [0.2, 0.25) is 0 Å². The monoisotopic (exact) mass is 233 g/mol. The van der Waals surface area contributed by atoms with Gasteiger partial charge in [-0.3, -0.25) is 4.98 Å². The Balaban J connectivity index is 2.02. The molecule has 0 bridgehead atoms. The number of nitrogens with zero attached hydrogens (tertiary/aromatic N) is 2. The molecule has 3 nitrogen and oxygen atoms in total. The van der Waals surface area contributed by atoms with E-state index in [0.717, 1.165) is 0 Å². The number of rotatable bonds is 4. The zero-order valence-corrected chi connectivity index (χ0v) is 10.9. The molecule has 0 amide bonds. The van der Waals surface area contributed by atoms with Gasteiger partial charge in [0.15, 0.2) is 0 Å². The molecular formula is C14H23N3. The molecule has 1 saturated carbocycles. The lowest BCUT2D eigenvalue weighted by Gasteiger charge is -2.35. The average molecular weight is 233 g/mol. The van der Waals surface area contributed by atoms with Crippen LogP contribution in [0.25, 0.3) is 0 Å². The minimum absolute atomic E-state index is 0.458. The summed E-state index contributed by atoms with van der Waals surface area (Å²) >= 11 is 0. The fraction of sp³-hybridized carbons (Fsp3) is 0.643. The van der Waals surface area contributed by atoms with Crippen molar-refractivity contribution in [3.63, 3.8) is 0 Å². The summed E-state index contributed by atoms with van der Waals surface area (Å²) in [5.74, 6) is 0. The molecule has 1 aromatic rings. The second-order valence-electron chi connectivity index (χ2n) is 5.13. The van der Waals surface area contributed by atoms with E-state index in [-0.39, 0.29) is 0 Å². The van der Waals surface area contributed by atoms with E-state index in [9.17, 15) is 0 Å². The molecule has 3 heteroatoms. The second-order valence-corrected chi connectivity index (χ2v) is 5.13. The summed E-state index contributed by atoms with van der Waals surface area (Å²) in [6.45, 7) is 4.44. The van der Waals surface area contributed by atoms with Crippen LogP contribution in [-0.2, 0) is 0 Å². The standard InChI is InChI=1S/C14H23N3/c1-12(2)17(14-8-10-15-11-9-14)16-13-6-4-3-5-7-13/h8-13,16H,3-7H2,1-2H3. The van der Waals surface area contributed by atoms with Gasteiger partial charge in [0.25, 0.3) is 0 Å². The van der Waals surface area contributed by atoms with E-state index in [1.165, 1.54) is 37.8 Å². The van der Waals surface area contributed by atoms with Crippen molar-refractivity contribution in [1.82, 2.24) is 10.4 Å². The van der Waals surface area contributed by atoms with Gasteiger partial charge < -0.3 is 5.01 Å². The predicted molar refractivity (Wildman–Crippen MR) is 71.9 cm³/mol. The second kappa shape index (κ2) is 6.01. The van der Waals surface area contributed by atoms with E-state index in [4.69, 9.17) is 0 Å². The Morgan fingerprint density at radius 2 is 1.82 bits per heavy atom. The van der Waals surface area contributed by atoms with Gasteiger partial charge in [-0.25, -0.2) is 5.43 Å². The third kappa shape index (κ3) is 3.43. The van der Waals surface area contributed by atoms with E-state index in [0.29, 0.717) is 12.1 Å². The molecule has 1 heterocycles. The van der Waals surface area contributed by atoms with Crippen molar-refractivity contribution in [1.29, 1.82) is 0 Å². The average Bonchev–Trinajstić information content (AvgIpc) is 2.38. The lowest BCUT2D eigenvalue weighted by Crippen LogP contribution is -2.49. The Bertz CT molecular complexity index is 317. The van der Waals surface area contributed by atoms with E-state index in [1.54, 1.807) is 0 Å². The molecule has 1 fully saturated rings. The van der Waals surface area contributed by atoms with Crippen molar-refractivity contribution in [2.45, 2.75) is 58.0 Å². The smallest absolute Gasteiger partial charge is 0.0553 e. The minimum Gasteiger partial charge on any atom is -0.306 e. The van der Waals surface area contributed by atoms with Crippen molar-refractivity contribution in [3.8, 4) is 0 Å². The summed E-state index contributed by atoms with van der Waals surface area (Å²) in [6, 6.07) is 5.23. The van der Waals surface area contributed by atoms with Gasteiger partial charge in [0, 0.05) is 24.5 Å². The highest BCUT2D eigenvalue weighted by Crippen LogP contribution is 2.20. The number of hydrogen-bond donors (Lipinski definition) is 1. The number of hydrazine groups is 1. The van der Waals surface area contributed by atoms with Crippen LogP contribution in [0.5, 0.6) is 0 Å². The summed E-state index contributed by atoms with van der Waals surface area (Å²) in [4.78, 5) is 4.08. The van der Waals surface area contributed by atoms with E-state index in [2.05, 4.69) is 41.4 Å². The number of nitrogens with one attached hydrogen (secondary N) is 1. The first-order chi connectivity index (χ1) is 8.27. The Hall–Kier alpha value is -1.09. The first-order valence-electron chi connectivity index (χ1n) is 6.73. The fourth-order valence-electron chi connectivity index (χ4n) is 2.45. The van der Waals surface area contributed by atoms with Gasteiger partial charge in [-0.05, 0) is 38.8 Å². The van der Waals surface area contributed by atoms with Crippen LogP contribution in [0.3, 0.4) is 0 Å². The number of pyridine rings is 1. The Morgan fingerprint density at radius 1 is 1.18 bits per heavy atom. The molecule has 0 saturated heterocycles. The lowest BCUT2D eigenvalue weighted by molar-refractivity contribution is 0.353. The molecule has 0 aliphatic heterocycles. The summed E-state index contributed by atoms with van der Waals surface area (Å²) in [7, 11) is 0. The van der Waals surface area contributed by atoms with E-state index in [1.807, 2.05) is 12.4 Å².